The van der Waals surface area contributed by atoms with Gasteiger partial charge in [-0.2, -0.15) is 0 Å². The van der Waals surface area contributed by atoms with Crippen LogP contribution in [-0.2, 0) is 0 Å². The van der Waals surface area contributed by atoms with Crippen molar-refractivity contribution >= 4 is 17.1 Å². The zero-order chi connectivity index (χ0) is 12.7. The molecular formula is C13H18N6. The van der Waals surface area contributed by atoms with E-state index in [0.29, 0.717) is 12.1 Å². The van der Waals surface area contributed by atoms with Gasteiger partial charge in [0.05, 0.1) is 6.20 Å². The highest BCUT2D eigenvalue weighted by Crippen LogP contribution is 2.39. The van der Waals surface area contributed by atoms with Crippen LogP contribution in [0.15, 0.2) is 12.5 Å². The third-order valence-corrected chi connectivity index (χ3v) is 3.94. The monoisotopic (exact) mass is 258 g/mol. The largest absolute Gasteiger partial charge is 0.353 e. The molecule has 0 radical (unpaired) electrons. The highest BCUT2D eigenvalue weighted by atomic mass is 15.3. The van der Waals surface area contributed by atoms with Crippen LogP contribution in [0.4, 0.5) is 5.95 Å². The van der Waals surface area contributed by atoms with E-state index < -0.39 is 0 Å². The quantitative estimate of drug-likeness (QED) is 0.869. The molecule has 2 aliphatic rings. The van der Waals surface area contributed by atoms with E-state index in [1.54, 1.807) is 12.5 Å². The van der Waals surface area contributed by atoms with Gasteiger partial charge in [0.15, 0.2) is 5.65 Å². The molecule has 0 aromatic carbocycles. The minimum atomic E-state index is 0.517. The molecule has 2 fully saturated rings. The Hall–Kier alpha value is -1.69. The van der Waals surface area contributed by atoms with Crippen LogP contribution in [-0.4, -0.2) is 38.7 Å². The van der Waals surface area contributed by atoms with E-state index >= 15 is 0 Å². The molecule has 2 aromatic rings. The Morgan fingerprint density at radius 3 is 2.84 bits per heavy atom. The molecule has 0 spiro atoms. The number of aromatic nitrogens is 4. The van der Waals surface area contributed by atoms with Crippen LogP contribution >= 0.6 is 0 Å². The molecule has 2 aromatic heterocycles. The van der Waals surface area contributed by atoms with Gasteiger partial charge >= 0.3 is 0 Å². The topological polar surface area (TPSA) is 67.7 Å². The van der Waals surface area contributed by atoms with Crippen molar-refractivity contribution < 1.29 is 0 Å². The molecule has 100 valence electrons. The highest BCUT2D eigenvalue weighted by Gasteiger charge is 2.29. The van der Waals surface area contributed by atoms with Crippen molar-refractivity contribution in [1.29, 1.82) is 0 Å². The maximum absolute atomic E-state index is 4.67. The SMILES string of the molecule is c1ncc2nc(NC3CCNCC3)n(C3CC3)c2n1. The van der Waals surface area contributed by atoms with Crippen LogP contribution in [0.25, 0.3) is 11.2 Å². The number of nitrogens with one attached hydrogen (secondary N) is 2. The van der Waals surface area contributed by atoms with Crippen molar-refractivity contribution in [3.05, 3.63) is 12.5 Å². The number of anilines is 1. The normalized spacial score (nSPS) is 20.8. The van der Waals surface area contributed by atoms with Gasteiger partial charge < -0.3 is 10.6 Å². The number of hydrogen-bond donors (Lipinski definition) is 2. The first kappa shape index (κ1) is 11.2. The third-order valence-electron chi connectivity index (χ3n) is 3.94. The molecule has 6 nitrogen and oxygen atoms in total. The predicted molar refractivity (Wildman–Crippen MR) is 73.1 cm³/mol. The summed E-state index contributed by atoms with van der Waals surface area (Å²) in [5.74, 6) is 0.977. The standard InChI is InChI=1S/C13H18N6/c1-2-10(1)19-12-11(7-15-8-16-12)18-13(19)17-9-3-5-14-6-4-9/h7-10,14H,1-6H2,(H,17,18). The maximum atomic E-state index is 4.67. The van der Waals surface area contributed by atoms with E-state index in [4.69, 9.17) is 0 Å². The van der Waals surface area contributed by atoms with E-state index in [1.165, 1.54) is 12.8 Å². The molecule has 0 amide bonds. The second kappa shape index (κ2) is 4.45. The summed E-state index contributed by atoms with van der Waals surface area (Å²) in [7, 11) is 0. The second-order valence-corrected chi connectivity index (χ2v) is 5.44. The number of hydrogen-bond acceptors (Lipinski definition) is 5. The fourth-order valence-corrected chi connectivity index (χ4v) is 2.78. The summed E-state index contributed by atoms with van der Waals surface area (Å²) < 4.78 is 2.26. The lowest BCUT2D eigenvalue weighted by atomic mass is 10.1. The summed E-state index contributed by atoms with van der Waals surface area (Å²) in [6.07, 6.45) is 8.18. The van der Waals surface area contributed by atoms with Crippen molar-refractivity contribution in [3.8, 4) is 0 Å². The Morgan fingerprint density at radius 2 is 2.05 bits per heavy atom. The van der Waals surface area contributed by atoms with Crippen LogP contribution < -0.4 is 10.6 Å². The van der Waals surface area contributed by atoms with Gasteiger partial charge in [0.1, 0.15) is 11.8 Å². The Balaban J connectivity index is 1.69. The van der Waals surface area contributed by atoms with Gasteiger partial charge in [-0.1, -0.05) is 0 Å². The number of nitrogens with zero attached hydrogens (tertiary/aromatic N) is 4. The van der Waals surface area contributed by atoms with Gasteiger partial charge in [-0.25, -0.2) is 15.0 Å². The van der Waals surface area contributed by atoms with Crippen molar-refractivity contribution in [3.63, 3.8) is 0 Å². The van der Waals surface area contributed by atoms with Crippen molar-refractivity contribution in [2.24, 2.45) is 0 Å². The van der Waals surface area contributed by atoms with Gasteiger partial charge in [0.25, 0.3) is 0 Å². The molecule has 6 heteroatoms. The summed E-state index contributed by atoms with van der Waals surface area (Å²) >= 11 is 0. The van der Waals surface area contributed by atoms with Gasteiger partial charge in [-0.15, -0.1) is 0 Å². The Kier molecular flexibility index (Phi) is 2.61. The lowest BCUT2D eigenvalue weighted by molar-refractivity contribution is 0.475. The molecule has 4 rings (SSSR count). The summed E-state index contributed by atoms with van der Waals surface area (Å²) in [4.78, 5) is 13.1. The van der Waals surface area contributed by atoms with Crippen molar-refractivity contribution in [2.45, 2.75) is 37.8 Å². The number of fused-ring (bicyclic) bond motifs is 1. The molecule has 1 saturated carbocycles. The van der Waals surface area contributed by atoms with E-state index in [2.05, 4.69) is 30.2 Å². The van der Waals surface area contributed by atoms with Gasteiger partial charge in [0, 0.05) is 12.1 Å². The average Bonchev–Trinajstić information content (AvgIpc) is 3.21. The average molecular weight is 258 g/mol. The van der Waals surface area contributed by atoms with E-state index in [0.717, 1.165) is 43.0 Å². The third kappa shape index (κ3) is 2.06. The lowest BCUT2D eigenvalue weighted by Crippen LogP contribution is -2.36. The lowest BCUT2D eigenvalue weighted by Gasteiger charge is -2.24. The van der Waals surface area contributed by atoms with Gasteiger partial charge in [-0.05, 0) is 38.8 Å². The van der Waals surface area contributed by atoms with Crippen molar-refractivity contribution in [1.82, 2.24) is 24.8 Å². The molecule has 3 heterocycles. The maximum Gasteiger partial charge on any atom is 0.205 e. The predicted octanol–water partition coefficient (Wildman–Crippen LogP) is 1.33. The number of piperidine rings is 1. The Labute approximate surface area is 111 Å². The molecule has 0 bridgehead atoms. The summed E-state index contributed by atoms with van der Waals surface area (Å²) in [5.41, 5.74) is 1.86. The van der Waals surface area contributed by atoms with Crippen LogP contribution in [0.2, 0.25) is 0 Å². The summed E-state index contributed by atoms with van der Waals surface area (Å²) in [6.45, 7) is 2.17. The summed E-state index contributed by atoms with van der Waals surface area (Å²) in [5, 5.41) is 6.99. The first-order chi connectivity index (χ1) is 9.42. The Morgan fingerprint density at radius 1 is 1.21 bits per heavy atom. The van der Waals surface area contributed by atoms with Crippen molar-refractivity contribution in [2.75, 3.05) is 18.4 Å². The molecule has 2 N–H and O–H groups in total. The molecular weight excluding hydrogens is 240 g/mol. The fourth-order valence-electron chi connectivity index (χ4n) is 2.78. The zero-order valence-electron chi connectivity index (χ0n) is 10.8. The minimum absolute atomic E-state index is 0.517. The number of imidazole rings is 1. The first-order valence-electron chi connectivity index (χ1n) is 7.07. The van der Waals surface area contributed by atoms with E-state index in [9.17, 15) is 0 Å². The Bertz CT molecular complexity index is 582. The molecule has 19 heavy (non-hydrogen) atoms. The number of rotatable bonds is 3. The molecule has 1 saturated heterocycles. The highest BCUT2D eigenvalue weighted by molar-refractivity contribution is 5.73. The fraction of sp³-hybridized carbons (Fsp3) is 0.615. The zero-order valence-corrected chi connectivity index (χ0v) is 10.8. The smallest absolute Gasteiger partial charge is 0.205 e. The van der Waals surface area contributed by atoms with E-state index in [1.807, 2.05) is 0 Å². The molecule has 1 aliphatic carbocycles. The minimum Gasteiger partial charge on any atom is -0.353 e. The summed E-state index contributed by atoms with van der Waals surface area (Å²) in [6, 6.07) is 1.09. The van der Waals surface area contributed by atoms with Crippen LogP contribution in [0, 0.1) is 0 Å². The molecule has 0 unspecified atom stereocenters. The first-order valence-corrected chi connectivity index (χ1v) is 7.07. The van der Waals surface area contributed by atoms with Gasteiger partial charge in [0.2, 0.25) is 5.95 Å². The van der Waals surface area contributed by atoms with Crippen LogP contribution in [0.3, 0.4) is 0 Å². The second-order valence-electron chi connectivity index (χ2n) is 5.44. The molecule has 0 atom stereocenters. The van der Waals surface area contributed by atoms with Crippen LogP contribution in [0.5, 0.6) is 0 Å². The van der Waals surface area contributed by atoms with E-state index in [-0.39, 0.29) is 0 Å². The van der Waals surface area contributed by atoms with Gasteiger partial charge in [-0.3, -0.25) is 4.57 Å². The van der Waals surface area contributed by atoms with Crippen LogP contribution in [0.1, 0.15) is 31.7 Å². The molecule has 1 aliphatic heterocycles.